The summed E-state index contributed by atoms with van der Waals surface area (Å²) in [5, 5.41) is 14.7. The number of aliphatic hydroxyl groups is 1. The SMILES string of the molecule is O=Cc1cc(C2(O)CCC(Nc3cc[nH]c3)CC2)ccc1-c1ccccc1. The normalized spacial score (nSPS) is 22.3. The van der Waals surface area contributed by atoms with Gasteiger partial charge in [0.2, 0.25) is 0 Å². The second-order valence-corrected chi connectivity index (χ2v) is 7.34. The Labute approximate surface area is 159 Å². The van der Waals surface area contributed by atoms with Gasteiger partial charge >= 0.3 is 0 Å². The number of rotatable bonds is 5. The molecule has 4 nitrogen and oxygen atoms in total. The topological polar surface area (TPSA) is 65.1 Å². The molecule has 4 heteroatoms. The number of aromatic nitrogens is 1. The quantitative estimate of drug-likeness (QED) is 0.576. The van der Waals surface area contributed by atoms with Crippen LogP contribution >= 0.6 is 0 Å². The third-order valence-corrected chi connectivity index (χ3v) is 5.58. The Morgan fingerprint density at radius 1 is 1.07 bits per heavy atom. The van der Waals surface area contributed by atoms with Gasteiger partial charge in [-0.25, -0.2) is 0 Å². The number of H-pyrrole nitrogens is 1. The van der Waals surface area contributed by atoms with Gasteiger partial charge in [-0.2, -0.15) is 0 Å². The molecular weight excluding hydrogens is 336 g/mol. The summed E-state index contributed by atoms with van der Waals surface area (Å²) in [6.45, 7) is 0. The summed E-state index contributed by atoms with van der Waals surface area (Å²) in [5.41, 5.74) is 3.59. The van der Waals surface area contributed by atoms with E-state index in [-0.39, 0.29) is 0 Å². The molecule has 1 heterocycles. The molecule has 2 aromatic carbocycles. The number of benzene rings is 2. The standard InChI is InChI=1S/C23H24N2O2/c26-16-18-14-19(6-7-22(18)17-4-2-1-3-5-17)23(27)11-8-20(9-12-23)25-21-10-13-24-15-21/h1-7,10,13-16,20,24-25,27H,8-9,11-12H2. The third kappa shape index (κ3) is 3.67. The lowest BCUT2D eigenvalue weighted by Crippen LogP contribution is -2.36. The van der Waals surface area contributed by atoms with Crippen LogP contribution in [-0.4, -0.2) is 22.4 Å². The fourth-order valence-electron chi connectivity index (χ4n) is 4.01. The number of hydrogen-bond donors (Lipinski definition) is 3. The van der Waals surface area contributed by atoms with E-state index in [2.05, 4.69) is 10.3 Å². The van der Waals surface area contributed by atoms with Crippen molar-refractivity contribution in [2.24, 2.45) is 0 Å². The molecule has 1 fully saturated rings. The third-order valence-electron chi connectivity index (χ3n) is 5.58. The van der Waals surface area contributed by atoms with Gasteiger partial charge in [0.1, 0.15) is 0 Å². The zero-order valence-electron chi connectivity index (χ0n) is 15.2. The molecule has 0 unspecified atom stereocenters. The molecule has 3 N–H and O–H groups in total. The van der Waals surface area contributed by atoms with Gasteiger partial charge in [0.05, 0.1) is 11.3 Å². The van der Waals surface area contributed by atoms with E-state index >= 15 is 0 Å². The molecule has 0 aliphatic heterocycles. The summed E-state index contributed by atoms with van der Waals surface area (Å²) in [6.07, 6.45) is 7.86. The first kappa shape index (κ1) is 17.6. The molecule has 0 bridgehead atoms. The predicted molar refractivity (Wildman–Crippen MR) is 108 cm³/mol. The molecule has 0 saturated heterocycles. The zero-order chi connectivity index (χ0) is 18.7. The molecule has 0 radical (unpaired) electrons. The Morgan fingerprint density at radius 2 is 1.85 bits per heavy atom. The van der Waals surface area contributed by atoms with Crippen molar-refractivity contribution in [1.29, 1.82) is 0 Å². The van der Waals surface area contributed by atoms with Gasteiger partial charge in [0, 0.05) is 24.0 Å². The van der Waals surface area contributed by atoms with Gasteiger partial charge in [-0.05, 0) is 54.5 Å². The van der Waals surface area contributed by atoms with E-state index in [0.717, 1.165) is 41.5 Å². The van der Waals surface area contributed by atoms with Crippen molar-refractivity contribution < 1.29 is 9.90 Å². The van der Waals surface area contributed by atoms with Crippen LogP contribution in [0.25, 0.3) is 11.1 Å². The number of hydrogen-bond acceptors (Lipinski definition) is 3. The zero-order valence-corrected chi connectivity index (χ0v) is 15.2. The van der Waals surface area contributed by atoms with Crippen LogP contribution in [0.2, 0.25) is 0 Å². The molecule has 27 heavy (non-hydrogen) atoms. The monoisotopic (exact) mass is 360 g/mol. The molecule has 1 saturated carbocycles. The van der Waals surface area contributed by atoms with Crippen LogP contribution in [-0.2, 0) is 5.60 Å². The van der Waals surface area contributed by atoms with Crippen molar-refractivity contribution in [3.8, 4) is 11.1 Å². The number of nitrogens with one attached hydrogen (secondary N) is 2. The van der Waals surface area contributed by atoms with Gasteiger partial charge in [-0.1, -0.05) is 42.5 Å². The highest BCUT2D eigenvalue weighted by molar-refractivity contribution is 5.88. The van der Waals surface area contributed by atoms with Crippen LogP contribution in [0.5, 0.6) is 0 Å². The maximum absolute atomic E-state index is 11.7. The van der Waals surface area contributed by atoms with Gasteiger partial charge in [-0.3, -0.25) is 4.79 Å². The Morgan fingerprint density at radius 3 is 2.52 bits per heavy atom. The smallest absolute Gasteiger partial charge is 0.150 e. The van der Waals surface area contributed by atoms with E-state index in [4.69, 9.17) is 0 Å². The summed E-state index contributed by atoms with van der Waals surface area (Å²) in [7, 11) is 0. The molecule has 138 valence electrons. The summed E-state index contributed by atoms with van der Waals surface area (Å²) >= 11 is 0. The number of aromatic amines is 1. The number of carbonyl (C=O) groups is 1. The second kappa shape index (κ2) is 7.41. The first-order valence-electron chi connectivity index (χ1n) is 9.45. The van der Waals surface area contributed by atoms with Gasteiger partial charge in [-0.15, -0.1) is 0 Å². The molecule has 4 rings (SSSR count). The lowest BCUT2D eigenvalue weighted by Gasteiger charge is -2.37. The van der Waals surface area contributed by atoms with Crippen molar-refractivity contribution in [3.63, 3.8) is 0 Å². The van der Waals surface area contributed by atoms with E-state index in [1.165, 1.54) is 0 Å². The van der Waals surface area contributed by atoms with Crippen molar-refractivity contribution in [3.05, 3.63) is 78.1 Å². The maximum atomic E-state index is 11.7. The average molecular weight is 360 g/mol. The molecule has 3 aromatic rings. The molecule has 1 aliphatic rings. The van der Waals surface area contributed by atoms with Crippen molar-refractivity contribution in [2.75, 3.05) is 5.32 Å². The Balaban J connectivity index is 1.52. The number of aldehydes is 1. The lowest BCUT2D eigenvalue weighted by molar-refractivity contribution is -0.00332. The molecule has 0 atom stereocenters. The Kier molecular flexibility index (Phi) is 4.82. The van der Waals surface area contributed by atoms with Crippen LogP contribution in [0, 0.1) is 0 Å². The molecular formula is C23H24N2O2. The largest absolute Gasteiger partial charge is 0.385 e. The highest BCUT2D eigenvalue weighted by Gasteiger charge is 2.35. The summed E-state index contributed by atoms with van der Waals surface area (Å²) < 4.78 is 0. The van der Waals surface area contributed by atoms with Gasteiger partial charge in [0.25, 0.3) is 0 Å². The van der Waals surface area contributed by atoms with Gasteiger partial charge in [0.15, 0.2) is 6.29 Å². The van der Waals surface area contributed by atoms with Crippen LogP contribution in [0.3, 0.4) is 0 Å². The van der Waals surface area contributed by atoms with Crippen LogP contribution < -0.4 is 5.32 Å². The lowest BCUT2D eigenvalue weighted by atomic mass is 9.77. The van der Waals surface area contributed by atoms with E-state index in [1.54, 1.807) is 0 Å². The molecule has 0 amide bonds. The first-order valence-corrected chi connectivity index (χ1v) is 9.45. The molecule has 1 aliphatic carbocycles. The Bertz CT molecular complexity index is 895. The minimum atomic E-state index is -0.872. The first-order chi connectivity index (χ1) is 13.2. The van der Waals surface area contributed by atoms with Crippen LogP contribution in [0.4, 0.5) is 5.69 Å². The van der Waals surface area contributed by atoms with Gasteiger partial charge < -0.3 is 15.4 Å². The molecule has 0 spiro atoms. The van der Waals surface area contributed by atoms with Crippen LogP contribution in [0.1, 0.15) is 41.6 Å². The van der Waals surface area contributed by atoms with Crippen molar-refractivity contribution in [2.45, 2.75) is 37.3 Å². The summed E-state index contributed by atoms with van der Waals surface area (Å²) in [4.78, 5) is 14.7. The second-order valence-electron chi connectivity index (χ2n) is 7.34. The number of carbonyl (C=O) groups excluding carboxylic acids is 1. The fourth-order valence-corrected chi connectivity index (χ4v) is 4.01. The maximum Gasteiger partial charge on any atom is 0.150 e. The predicted octanol–water partition coefficient (Wildman–Crippen LogP) is 4.74. The minimum Gasteiger partial charge on any atom is -0.385 e. The molecule has 1 aromatic heterocycles. The van der Waals surface area contributed by atoms with E-state index in [0.29, 0.717) is 24.4 Å². The fraction of sp³-hybridized carbons (Fsp3) is 0.261. The summed E-state index contributed by atoms with van der Waals surface area (Å²) in [5.74, 6) is 0. The Hall–Kier alpha value is -2.85. The number of anilines is 1. The van der Waals surface area contributed by atoms with Crippen molar-refractivity contribution >= 4 is 12.0 Å². The average Bonchev–Trinajstić information content (AvgIpc) is 3.23. The van der Waals surface area contributed by atoms with E-state index in [9.17, 15) is 9.90 Å². The van der Waals surface area contributed by atoms with Crippen molar-refractivity contribution in [1.82, 2.24) is 4.98 Å². The summed E-state index contributed by atoms with van der Waals surface area (Å²) in [6, 6.07) is 18.0. The highest BCUT2D eigenvalue weighted by atomic mass is 16.3. The minimum absolute atomic E-state index is 0.357. The highest BCUT2D eigenvalue weighted by Crippen LogP contribution is 2.39. The van der Waals surface area contributed by atoms with E-state index < -0.39 is 5.60 Å². The van der Waals surface area contributed by atoms with Crippen LogP contribution in [0.15, 0.2) is 67.0 Å². The van der Waals surface area contributed by atoms with E-state index in [1.807, 2.05) is 67.0 Å².